The van der Waals surface area contributed by atoms with Crippen molar-refractivity contribution in [2.45, 2.75) is 58.0 Å². The van der Waals surface area contributed by atoms with E-state index in [1.807, 2.05) is 6.08 Å². The van der Waals surface area contributed by atoms with Gasteiger partial charge in [-0.15, -0.1) is 0 Å². The molecule has 154 valence electrons. The highest BCUT2D eigenvalue weighted by Crippen LogP contribution is 2.35. The molecule has 2 saturated heterocycles. The summed E-state index contributed by atoms with van der Waals surface area (Å²) >= 11 is 0. The lowest BCUT2D eigenvalue weighted by atomic mass is 9.87. The second-order valence-electron chi connectivity index (χ2n) is 7.63. The highest BCUT2D eigenvalue weighted by molar-refractivity contribution is 5.91. The van der Waals surface area contributed by atoms with E-state index in [4.69, 9.17) is 14.2 Å². The molecule has 0 saturated carbocycles. The third-order valence-corrected chi connectivity index (χ3v) is 6.05. The number of hydrogen-bond donors (Lipinski definition) is 1. The lowest BCUT2D eigenvalue weighted by molar-refractivity contribution is -0.173. The molecule has 0 radical (unpaired) electrons. The highest BCUT2D eigenvalue weighted by atomic mass is 16.6. The van der Waals surface area contributed by atoms with E-state index in [1.165, 1.54) is 13.8 Å². The Morgan fingerprint density at radius 3 is 2.75 bits per heavy atom. The molecule has 8 nitrogen and oxygen atoms in total. The maximum absolute atomic E-state index is 12.5. The Labute approximate surface area is 164 Å². The second kappa shape index (κ2) is 7.67. The summed E-state index contributed by atoms with van der Waals surface area (Å²) in [6, 6.07) is -0.146. The minimum atomic E-state index is -2.00. The van der Waals surface area contributed by atoms with Gasteiger partial charge in [-0.2, -0.15) is 0 Å². The summed E-state index contributed by atoms with van der Waals surface area (Å²) in [6.07, 6.45) is 3.08. The molecule has 0 aliphatic carbocycles. The molecule has 3 aliphatic rings. The van der Waals surface area contributed by atoms with Gasteiger partial charge in [0.1, 0.15) is 18.8 Å². The van der Waals surface area contributed by atoms with E-state index in [-0.39, 0.29) is 24.7 Å². The lowest BCUT2D eigenvalue weighted by Crippen LogP contribution is -2.50. The normalized spacial score (nSPS) is 35.4. The lowest BCUT2D eigenvalue weighted by Gasteiger charge is -2.27. The fourth-order valence-electron chi connectivity index (χ4n) is 3.98. The number of carbonyl (C=O) groups is 3. The van der Waals surface area contributed by atoms with Crippen molar-refractivity contribution in [1.82, 2.24) is 4.90 Å². The topological polar surface area (TPSA) is 102 Å². The number of allylic oxidation sites excluding steroid dienone is 1. The zero-order valence-corrected chi connectivity index (χ0v) is 16.6. The molecular weight excluding hydrogens is 366 g/mol. The fraction of sp³-hybridized carbons (Fsp3) is 0.650. The molecule has 0 bridgehead atoms. The first-order valence-electron chi connectivity index (χ1n) is 9.57. The van der Waals surface area contributed by atoms with Gasteiger partial charge >= 0.3 is 17.9 Å². The summed E-state index contributed by atoms with van der Waals surface area (Å²) in [6.45, 7) is 7.83. The van der Waals surface area contributed by atoms with Crippen LogP contribution in [0.2, 0.25) is 0 Å². The molecule has 0 aromatic rings. The number of hydrogen-bond acceptors (Lipinski definition) is 8. The summed E-state index contributed by atoms with van der Waals surface area (Å²) in [5.41, 5.74) is -0.624. The highest BCUT2D eigenvalue weighted by Gasteiger charge is 2.59. The number of fused-ring (bicyclic) bond motifs is 1. The largest absolute Gasteiger partial charge is 0.459 e. The van der Waals surface area contributed by atoms with Crippen molar-refractivity contribution in [2.75, 3.05) is 19.7 Å². The first kappa shape index (κ1) is 20.5. The van der Waals surface area contributed by atoms with Gasteiger partial charge in [-0.1, -0.05) is 12.2 Å². The van der Waals surface area contributed by atoms with Gasteiger partial charge in [-0.05, 0) is 39.7 Å². The average Bonchev–Trinajstić information content (AvgIpc) is 3.31. The van der Waals surface area contributed by atoms with E-state index in [0.717, 1.165) is 12.1 Å². The van der Waals surface area contributed by atoms with Gasteiger partial charge in [0, 0.05) is 18.7 Å². The molecule has 5 unspecified atom stereocenters. The quantitative estimate of drug-likeness (QED) is 0.316. The Kier molecular flexibility index (Phi) is 5.63. The second-order valence-corrected chi connectivity index (χ2v) is 7.63. The van der Waals surface area contributed by atoms with Gasteiger partial charge in [0.25, 0.3) is 0 Å². The summed E-state index contributed by atoms with van der Waals surface area (Å²) in [7, 11) is 0. The molecule has 3 heterocycles. The van der Waals surface area contributed by atoms with Crippen LogP contribution in [0.25, 0.3) is 0 Å². The molecule has 2 fully saturated rings. The van der Waals surface area contributed by atoms with Gasteiger partial charge in [0.15, 0.2) is 0 Å². The molecule has 0 aromatic heterocycles. The number of esters is 3. The molecule has 3 rings (SSSR count). The van der Waals surface area contributed by atoms with Gasteiger partial charge in [0.2, 0.25) is 5.60 Å². The summed E-state index contributed by atoms with van der Waals surface area (Å²) in [5.74, 6) is -2.85. The fourth-order valence-corrected chi connectivity index (χ4v) is 3.98. The van der Waals surface area contributed by atoms with Crippen LogP contribution in [0.3, 0.4) is 0 Å². The van der Waals surface area contributed by atoms with Crippen LogP contribution >= 0.6 is 0 Å². The molecule has 8 heteroatoms. The van der Waals surface area contributed by atoms with Crippen LogP contribution in [0.1, 0.15) is 34.1 Å². The van der Waals surface area contributed by atoms with E-state index >= 15 is 0 Å². The summed E-state index contributed by atoms with van der Waals surface area (Å²) in [4.78, 5) is 38.5. The molecule has 28 heavy (non-hydrogen) atoms. The summed E-state index contributed by atoms with van der Waals surface area (Å²) < 4.78 is 16.0. The van der Waals surface area contributed by atoms with Crippen molar-refractivity contribution >= 4 is 17.9 Å². The molecular formula is C20H27NO7. The number of cyclic esters (lactones) is 1. The first-order valence-corrected chi connectivity index (χ1v) is 9.57. The number of ether oxygens (including phenoxy) is 3. The Hall–Kier alpha value is -2.19. The molecule has 1 N–H and O–H groups in total. The average molecular weight is 393 g/mol. The van der Waals surface area contributed by atoms with Gasteiger partial charge in [0.05, 0.1) is 12.0 Å². The van der Waals surface area contributed by atoms with Crippen molar-refractivity contribution in [1.29, 1.82) is 0 Å². The van der Waals surface area contributed by atoms with Crippen LogP contribution in [0.5, 0.6) is 0 Å². The Balaban J connectivity index is 1.64. The molecule has 3 aliphatic heterocycles. The number of rotatable bonds is 5. The van der Waals surface area contributed by atoms with Gasteiger partial charge in [-0.3, -0.25) is 9.69 Å². The maximum Gasteiger partial charge on any atom is 0.343 e. The predicted octanol–water partition coefficient (Wildman–Crippen LogP) is 0.734. The van der Waals surface area contributed by atoms with E-state index in [0.29, 0.717) is 18.5 Å². The third-order valence-electron chi connectivity index (χ3n) is 6.05. The SMILES string of the molecule is CC=C(C)C(=O)OC1CCN2CC=C(COC(=O)C3(O)C(C)OC(=O)C3C)C12. The maximum atomic E-state index is 12.5. The minimum absolute atomic E-state index is 0.0351. The molecule has 0 amide bonds. The molecule has 5 atom stereocenters. The molecule has 0 aromatic carbocycles. The number of nitrogens with zero attached hydrogens (tertiary/aromatic N) is 1. The van der Waals surface area contributed by atoms with Crippen molar-refractivity contribution in [3.8, 4) is 0 Å². The van der Waals surface area contributed by atoms with Crippen LogP contribution in [-0.2, 0) is 28.6 Å². The Bertz CT molecular complexity index is 743. The minimum Gasteiger partial charge on any atom is -0.459 e. The zero-order chi connectivity index (χ0) is 20.6. The molecule has 0 spiro atoms. The predicted molar refractivity (Wildman–Crippen MR) is 98.0 cm³/mol. The van der Waals surface area contributed by atoms with E-state index in [2.05, 4.69) is 4.90 Å². The van der Waals surface area contributed by atoms with Crippen LogP contribution in [0.4, 0.5) is 0 Å². The number of aliphatic hydroxyl groups is 1. The van der Waals surface area contributed by atoms with Crippen LogP contribution in [-0.4, -0.2) is 71.5 Å². The van der Waals surface area contributed by atoms with Crippen molar-refractivity contribution in [3.05, 3.63) is 23.3 Å². The van der Waals surface area contributed by atoms with E-state index in [9.17, 15) is 19.5 Å². The monoisotopic (exact) mass is 393 g/mol. The summed E-state index contributed by atoms with van der Waals surface area (Å²) in [5, 5.41) is 10.7. The van der Waals surface area contributed by atoms with E-state index < -0.39 is 29.6 Å². The van der Waals surface area contributed by atoms with E-state index in [1.54, 1.807) is 19.9 Å². The third kappa shape index (κ3) is 3.35. The zero-order valence-electron chi connectivity index (χ0n) is 16.6. The van der Waals surface area contributed by atoms with Crippen molar-refractivity contribution < 1.29 is 33.7 Å². The smallest absolute Gasteiger partial charge is 0.343 e. The van der Waals surface area contributed by atoms with Gasteiger partial charge < -0.3 is 19.3 Å². The van der Waals surface area contributed by atoms with Crippen LogP contribution in [0, 0.1) is 5.92 Å². The van der Waals surface area contributed by atoms with Crippen LogP contribution in [0.15, 0.2) is 23.3 Å². The van der Waals surface area contributed by atoms with Crippen molar-refractivity contribution in [3.63, 3.8) is 0 Å². The number of carbonyl (C=O) groups excluding carboxylic acids is 3. The Morgan fingerprint density at radius 1 is 1.43 bits per heavy atom. The standard InChI is InChI=1S/C20H27NO7/c1-5-11(2)17(22)28-15-7-9-21-8-6-14(16(15)21)10-26-19(24)20(25)12(3)18(23)27-13(20)4/h5-6,12-13,15-16,25H,7-10H2,1-4H3. The Morgan fingerprint density at radius 2 is 2.14 bits per heavy atom. The van der Waals surface area contributed by atoms with Crippen molar-refractivity contribution in [2.24, 2.45) is 5.92 Å². The van der Waals surface area contributed by atoms with Gasteiger partial charge in [-0.25, -0.2) is 9.59 Å². The first-order chi connectivity index (χ1) is 13.2. The van der Waals surface area contributed by atoms with Crippen LogP contribution < -0.4 is 0 Å².